The third-order valence-electron chi connectivity index (χ3n) is 5.00. The number of aryl methyl sites for hydroxylation is 1. The molecule has 1 heterocycles. The monoisotopic (exact) mass is 388 g/mol. The van der Waals surface area contributed by atoms with E-state index in [2.05, 4.69) is 6.92 Å². The molecule has 0 radical (unpaired) electrons. The third-order valence-corrected chi connectivity index (χ3v) is 6.22. The van der Waals surface area contributed by atoms with E-state index >= 15 is 0 Å². The Morgan fingerprint density at radius 3 is 2.63 bits per heavy atom. The van der Waals surface area contributed by atoms with Gasteiger partial charge in [-0.15, -0.1) is 11.3 Å². The fraction of sp³-hybridized carbons (Fsp3) is 0.429. The van der Waals surface area contributed by atoms with Crippen molar-refractivity contribution in [3.05, 3.63) is 45.1 Å². The molecule has 27 heavy (non-hydrogen) atoms. The van der Waals surface area contributed by atoms with Gasteiger partial charge < -0.3 is 14.2 Å². The number of carbonyl (C=O) groups excluding carboxylic acids is 2. The molecule has 0 amide bonds. The second-order valence-corrected chi connectivity index (χ2v) is 7.78. The number of hydrogen-bond donors (Lipinski definition) is 0. The molecule has 0 saturated heterocycles. The summed E-state index contributed by atoms with van der Waals surface area (Å²) in [5.74, 6) is 0.988. The lowest BCUT2D eigenvalue weighted by atomic mass is 9.87. The van der Waals surface area contributed by atoms with Gasteiger partial charge in [-0.25, -0.2) is 4.79 Å². The third kappa shape index (κ3) is 4.33. The molecule has 0 spiro atoms. The Bertz CT molecular complexity index is 839. The summed E-state index contributed by atoms with van der Waals surface area (Å²) in [6, 6.07) is 6.81. The Kier molecular flexibility index (Phi) is 6.16. The number of rotatable bonds is 7. The van der Waals surface area contributed by atoms with E-state index in [0.717, 1.165) is 19.3 Å². The van der Waals surface area contributed by atoms with Crippen molar-refractivity contribution in [2.24, 2.45) is 5.92 Å². The molecule has 1 atom stereocenters. The normalized spacial score (nSPS) is 15.7. The zero-order valence-electron chi connectivity index (χ0n) is 15.9. The molecular weight excluding hydrogens is 364 g/mol. The summed E-state index contributed by atoms with van der Waals surface area (Å²) in [5.41, 5.74) is 1.67. The maximum atomic E-state index is 12.4. The number of ether oxygens (including phenoxy) is 3. The molecule has 1 aliphatic rings. The molecule has 0 fully saturated rings. The average Bonchev–Trinajstić information content (AvgIpc) is 3.14. The lowest BCUT2D eigenvalue weighted by Gasteiger charge is -2.19. The van der Waals surface area contributed by atoms with Crippen LogP contribution < -0.4 is 9.47 Å². The molecule has 3 rings (SSSR count). The maximum absolute atomic E-state index is 12.4. The largest absolute Gasteiger partial charge is 0.493 e. The maximum Gasteiger partial charge on any atom is 0.348 e. The Labute approximate surface area is 163 Å². The fourth-order valence-electron chi connectivity index (χ4n) is 3.34. The molecule has 2 aromatic rings. The van der Waals surface area contributed by atoms with E-state index < -0.39 is 5.97 Å². The van der Waals surface area contributed by atoms with Crippen molar-refractivity contribution in [1.29, 1.82) is 0 Å². The van der Waals surface area contributed by atoms with Gasteiger partial charge in [-0.2, -0.15) is 0 Å². The van der Waals surface area contributed by atoms with Gasteiger partial charge in [-0.1, -0.05) is 13.3 Å². The SMILES string of the molecule is CC[C@H]1CCc2sc(C(=O)OCC(=O)c3ccc(OC)c(OC)c3)cc2C1. The summed E-state index contributed by atoms with van der Waals surface area (Å²) >= 11 is 1.49. The Balaban J connectivity index is 1.62. The van der Waals surface area contributed by atoms with E-state index in [0.29, 0.717) is 27.9 Å². The van der Waals surface area contributed by atoms with Crippen LogP contribution in [-0.2, 0) is 17.6 Å². The summed E-state index contributed by atoms with van der Waals surface area (Å²) < 4.78 is 15.6. The number of methoxy groups -OCH3 is 2. The highest BCUT2D eigenvalue weighted by Gasteiger charge is 2.23. The first-order valence-corrected chi connectivity index (χ1v) is 9.91. The van der Waals surface area contributed by atoms with Crippen molar-refractivity contribution in [3.8, 4) is 11.5 Å². The Morgan fingerprint density at radius 2 is 1.93 bits per heavy atom. The molecule has 1 aromatic carbocycles. The van der Waals surface area contributed by atoms with Gasteiger partial charge in [0.1, 0.15) is 4.88 Å². The topological polar surface area (TPSA) is 61.8 Å². The van der Waals surface area contributed by atoms with Crippen LogP contribution in [0.15, 0.2) is 24.3 Å². The quantitative estimate of drug-likeness (QED) is 0.522. The van der Waals surface area contributed by atoms with Crippen LogP contribution >= 0.6 is 11.3 Å². The van der Waals surface area contributed by atoms with Gasteiger partial charge in [0.05, 0.1) is 14.2 Å². The molecule has 6 heteroatoms. The minimum atomic E-state index is -0.434. The molecule has 0 bridgehead atoms. The number of fused-ring (bicyclic) bond motifs is 1. The second-order valence-electron chi connectivity index (χ2n) is 6.65. The van der Waals surface area contributed by atoms with Crippen molar-refractivity contribution >= 4 is 23.1 Å². The van der Waals surface area contributed by atoms with Gasteiger partial charge in [-0.3, -0.25) is 4.79 Å². The van der Waals surface area contributed by atoms with Crippen molar-refractivity contribution in [1.82, 2.24) is 0 Å². The number of benzene rings is 1. The average molecular weight is 388 g/mol. The van der Waals surface area contributed by atoms with Crippen LogP contribution in [0.25, 0.3) is 0 Å². The van der Waals surface area contributed by atoms with Crippen molar-refractivity contribution in [2.75, 3.05) is 20.8 Å². The number of carbonyl (C=O) groups is 2. The van der Waals surface area contributed by atoms with Gasteiger partial charge in [-0.05, 0) is 55.0 Å². The molecule has 1 aromatic heterocycles. The van der Waals surface area contributed by atoms with Crippen molar-refractivity contribution in [2.45, 2.75) is 32.6 Å². The highest BCUT2D eigenvalue weighted by atomic mass is 32.1. The molecule has 5 nitrogen and oxygen atoms in total. The van der Waals surface area contributed by atoms with Crippen LogP contribution in [0, 0.1) is 5.92 Å². The zero-order valence-corrected chi connectivity index (χ0v) is 16.7. The summed E-state index contributed by atoms with van der Waals surface area (Å²) in [7, 11) is 3.04. The standard InChI is InChI=1S/C21H24O5S/c1-4-13-5-8-19-15(9-13)11-20(27-19)21(23)26-12-16(22)14-6-7-17(24-2)18(10-14)25-3/h6-7,10-11,13H,4-5,8-9,12H2,1-3H3/t13-/m0/s1. The highest BCUT2D eigenvalue weighted by Crippen LogP contribution is 2.34. The van der Waals surface area contributed by atoms with E-state index in [9.17, 15) is 9.59 Å². The first kappa shape index (κ1) is 19.4. The lowest BCUT2D eigenvalue weighted by Crippen LogP contribution is -2.13. The minimum Gasteiger partial charge on any atom is -0.493 e. The molecule has 144 valence electrons. The molecule has 0 aliphatic heterocycles. The van der Waals surface area contributed by atoms with Gasteiger partial charge in [0, 0.05) is 10.4 Å². The van der Waals surface area contributed by atoms with Crippen molar-refractivity contribution < 1.29 is 23.8 Å². The second kappa shape index (κ2) is 8.57. The molecule has 0 saturated carbocycles. The highest BCUT2D eigenvalue weighted by molar-refractivity contribution is 7.14. The molecule has 0 unspecified atom stereocenters. The fourth-order valence-corrected chi connectivity index (χ4v) is 4.45. The smallest absolute Gasteiger partial charge is 0.348 e. The molecule has 0 N–H and O–H groups in total. The summed E-state index contributed by atoms with van der Waals surface area (Å²) in [6.45, 7) is 1.91. The molecular formula is C21H24O5S. The van der Waals surface area contributed by atoms with Crippen LogP contribution in [0.4, 0.5) is 0 Å². The number of ketones is 1. The number of Topliss-reactive ketones (excluding diaryl/α,β-unsaturated/α-hetero) is 1. The Hall–Kier alpha value is -2.34. The lowest BCUT2D eigenvalue weighted by molar-refractivity contribution is 0.0479. The predicted octanol–water partition coefficient (Wildman–Crippen LogP) is 4.32. The van der Waals surface area contributed by atoms with E-state index in [1.54, 1.807) is 18.2 Å². The number of esters is 1. The first-order valence-electron chi connectivity index (χ1n) is 9.09. The Morgan fingerprint density at radius 1 is 1.15 bits per heavy atom. The molecule has 1 aliphatic carbocycles. The van der Waals surface area contributed by atoms with Crippen LogP contribution in [0.5, 0.6) is 11.5 Å². The van der Waals surface area contributed by atoms with Crippen LogP contribution in [0.3, 0.4) is 0 Å². The van der Waals surface area contributed by atoms with Gasteiger partial charge in [0.2, 0.25) is 0 Å². The zero-order chi connectivity index (χ0) is 19.4. The van der Waals surface area contributed by atoms with Gasteiger partial charge in [0.25, 0.3) is 0 Å². The summed E-state index contributed by atoms with van der Waals surface area (Å²) in [4.78, 5) is 26.6. The van der Waals surface area contributed by atoms with Gasteiger partial charge in [0.15, 0.2) is 23.9 Å². The number of thiophene rings is 1. The van der Waals surface area contributed by atoms with E-state index in [-0.39, 0.29) is 12.4 Å². The van der Waals surface area contributed by atoms with E-state index in [4.69, 9.17) is 14.2 Å². The minimum absolute atomic E-state index is 0.281. The van der Waals surface area contributed by atoms with E-state index in [1.165, 1.54) is 42.4 Å². The van der Waals surface area contributed by atoms with Gasteiger partial charge >= 0.3 is 5.97 Å². The van der Waals surface area contributed by atoms with Crippen molar-refractivity contribution in [3.63, 3.8) is 0 Å². The van der Waals surface area contributed by atoms with Crippen LogP contribution in [0.1, 0.15) is 50.2 Å². The summed E-state index contributed by atoms with van der Waals surface area (Å²) in [6.07, 6.45) is 4.39. The van der Waals surface area contributed by atoms with E-state index in [1.807, 2.05) is 6.07 Å². The number of hydrogen-bond acceptors (Lipinski definition) is 6. The summed E-state index contributed by atoms with van der Waals surface area (Å²) in [5, 5.41) is 0. The first-order chi connectivity index (χ1) is 13.0. The van der Waals surface area contributed by atoms with Crippen LogP contribution in [0.2, 0.25) is 0 Å². The van der Waals surface area contributed by atoms with Crippen LogP contribution in [-0.4, -0.2) is 32.6 Å². The predicted molar refractivity (Wildman–Crippen MR) is 104 cm³/mol.